The van der Waals surface area contributed by atoms with Crippen molar-refractivity contribution in [3.05, 3.63) is 30.0 Å². The summed E-state index contributed by atoms with van der Waals surface area (Å²) in [7, 11) is 0. The fourth-order valence-corrected chi connectivity index (χ4v) is 1.81. The Kier molecular flexibility index (Phi) is 1.85. The van der Waals surface area contributed by atoms with Crippen LogP contribution in [0.4, 0.5) is 0 Å². The summed E-state index contributed by atoms with van der Waals surface area (Å²) in [5.74, 6) is 0. The highest BCUT2D eigenvalue weighted by Gasteiger charge is 1.99. The molecule has 0 amide bonds. The van der Waals surface area contributed by atoms with Gasteiger partial charge >= 0.3 is 0 Å². The standard InChI is InChI=1S/C10H11NS/c1-7-6-11-10-4-3-8(12-2)5-9(7)10/h3-6,11H,1-2H3. The molecule has 1 N–H and O–H groups in total. The van der Waals surface area contributed by atoms with Gasteiger partial charge in [-0.25, -0.2) is 0 Å². The van der Waals surface area contributed by atoms with E-state index in [-0.39, 0.29) is 0 Å². The molecule has 2 aromatic rings. The van der Waals surface area contributed by atoms with Crippen LogP contribution in [-0.2, 0) is 0 Å². The van der Waals surface area contributed by atoms with Gasteiger partial charge in [0.2, 0.25) is 0 Å². The fraction of sp³-hybridized carbons (Fsp3) is 0.200. The Morgan fingerprint density at radius 1 is 1.33 bits per heavy atom. The van der Waals surface area contributed by atoms with Gasteiger partial charge in [-0.1, -0.05) is 0 Å². The van der Waals surface area contributed by atoms with E-state index in [0.717, 1.165) is 0 Å². The number of nitrogens with one attached hydrogen (secondary N) is 1. The normalized spacial score (nSPS) is 10.8. The lowest BCUT2D eigenvalue weighted by atomic mass is 10.2. The molecule has 0 aliphatic heterocycles. The third kappa shape index (κ3) is 1.12. The summed E-state index contributed by atoms with van der Waals surface area (Å²) in [6.07, 6.45) is 4.15. The summed E-state index contributed by atoms with van der Waals surface area (Å²) >= 11 is 1.78. The van der Waals surface area contributed by atoms with Crippen molar-refractivity contribution in [3.8, 4) is 0 Å². The third-order valence-corrected chi connectivity index (χ3v) is 2.82. The topological polar surface area (TPSA) is 15.8 Å². The van der Waals surface area contributed by atoms with Crippen LogP contribution in [0.3, 0.4) is 0 Å². The van der Waals surface area contributed by atoms with Crippen molar-refractivity contribution in [3.63, 3.8) is 0 Å². The maximum atomic E-state index is 3.23. The lowest BCUT2D eigenvalue weighted by molar-refractivity contribution is 1.42. The first-order valence-corrected chi connectivity index (χ1v) is 5.15. The molecule has 0 aliphatic rings. The molecule has 0 saturated heterocycles. The molecule has 0 radical (unpaired) electrons. The first kappa shape index (κ1) is 7.74. The summed E-state index contributed by atoms with van der Waals surface area (Å²) in [4.78, 5) is 4.55. The number of aromatic amines is 1. The molecule has 0 spiro atoms. The number of hydrogen-bond acceptors (Lipinski definition) is 1. The fourth-order valence-electron chi connectivity index (χ4n) is 1.37. The third-order valence-electron chi connectivity index (χ3n) is 2.10. The number of rotatable bonds is 1. The van der Waals surface area contributed by atoms with E-state index in [1.807, 2.05) is 0 Å². The predicted octanol–water partition coefficient (Wildman–Crippen LogP) is 3.20. The number of aromatic nitrogens is 1. The van der Waals surface area contributed by atoms with E-state index in [1.165, 1.54) is 21.4 Å². The van der Waals surface area contributed by atoms with Gasteiger partial charge < -0.3 is 4.98 Å². The van der Waals surface area contributed by atoms with Crippen molar-refractivity contribution in [1.82, 2.24) is 4.98 Å². The van der Waals surface area contributed by atoms with E-state index in [0.29, 0.717) is 0 Å². The lowest BCUT2D eigenvalue weighted by Gasteiger charge is -1.96. The van der Waals surface area contributed by atoms with Crippen LogP contribution in [0.15, 0.2) is 29.3 Å². The SMILES string of the molecule is CSc1ccc2[nH]cc(C)c2c1. The highest BCUT2D eigenvalue weighted by Crippen LogP contribution is 2.23. The highest BCUT2D eigenvalue weighted by molar-refractivity contribution is 7.98. The monoisotopic (exact) mass is 177 g/mol. The van der Waals surface area contributed by atoms with Gasteiger partial charge in [0.1, 0.15) is 0 Å². The Morgan fingerprint density at radius 2 is 2.17 bits per heavy atom. The van der Waals surface area contributed by atoms with Crippen molar-refractivity contribution in [2.75, 3.05) is 6.26 Å². The molecule has 1 nitrogen and oxygen atoms in total. The van der Waals surface area contributed by atoms with Gasteiger partial charge in [0.15, 0.2) is 0 Å². The van der Waals surface area contributed by atoms with Crippen LogP contribution in [0.25, 0.3) is 10.9 Å². The predicted molar refractivity (Wildman–Crippen MR) is 54.8 cm³/mol. The van der Waals surface area contributed by atoms with Crippen LogP contribution < -0.4 is 0 Å². The summed E-state index contributed by atoms with van der Waals surface area (Å²) in [6, 6.07) is 6.50. The van der Waals surface area contributed by atoms with E-state index in [4.69, 9.17) is 0 Å². The van der Waals surface area contributed by atoms with Crippen molar-refractivity contribution in [1.29, 1.82) is 0 Å². The summed E-state index contributed by atoms with van der Waals surface area (Å²) in [6.45, 7) is 2.13. The van der Waals surface area contributed by atoms with Gasteiger partial charge in [0.05, 0.1) is 0 Å². The molecule has 1 aromatic carbocycles. The molecule has 0 aliphatic carbocycles. The van der Waals surface area contributed by atoms with E-state index in [2.05, 4.69) is 42.6 Å². The number of benzene rings is 1. The second-order valence-electron chi connectivity index (χ2n) is 2.88. The minimum absolute atomic E-state index is 1.23. The summed E-state index contributed by atoms with van der Waals surface area (Å²) in [5, 5.41) is 1.34. The van der Waals surface area contributed by atoms with E-state index in [1.54, 1.807) is 11.8 Å². The molecular formula is C10H11NS. The summed E-state index contributed by atoms with van der Waals surface area (Å²) in [5.41, 5.74) is 2.55. The van der Waals surface area contributed by atoms with Gasteiger partial charge in [-0.15, -0.1) is 11.8 Å². The van der Waals surface area contributed by atoms with Gasteiger partial charge in [-0.3, -0.25) is 0 Å². The Morgan fingerprint density at radius 3 is 2.92 bits per heavy atom. The lowest BCUT2D eigenvalue weighted by Crippen LogP contribution is -1.71. The molecule has 0 fully saturated rings. The maximum Gasteiger partial charge on any atom is 0.0457 e. The van der Waals surface area contributed by atoms with Crippen LogP contribution in [0.1, 0.15) is 5.56 Å². The minimum Gasteiger partial charge on any atom is -0.361 e. The zero-order chi connectivity index (χ0) is 8.55. The molecule has 12 heavy (non-hydrogen) atoms. The van der Waals surface area contributed by atoms with Crippen molar-refractivity contribution < 1.29 is 0 Å². The summed E-state index contributed by atoms with van der Waals surface area (Å²) < 4.78 is 0. The van der Waals surface area contributed by atoms with Crippen molar-refractivity contribution in [2.45, 2.75) is 11.8 Å². The zero-order valence-corrected chi connectivity index (χ0v) is 8.03. The number of H-pyrrole nitrogens is 1. The van der Waals surface area contributed by atoms with Gasteiger partial charge in [0, 0.05) is 22.0 Å². The molecule has 0 unspecified atom stereocenters. The highest BCUT2D eigenvalue weighted by atomic mass is 32.2. The molecule has 1 heterocycles. The molecule has 0 saturated carbocycles. The largest absolute Gasteiger partial charge is 0.361 e. The number of aryl methyl sites for hydroxylation is 1. The van der Waals surface area contributed by atoms with Crippen LogP contribution >= 0.6 is 11.8 Å². The molecule has 0 bridgehead atoms. The van der Waals surface area contributed by atoms with E-state index >= 15 is 0 Å². The molecule has 1 aromatic heterocycles. The first-order valence-electron chi connectivity index (χ1n) is 3.93. The van der Waals surface area contributed by atoms with E-state index < -0.39 is 0 Å². The first-order chi connectivity index (χ1) is 5.81. The Bertz CT molecular complexity index is 403. The average molecular weight is 177 g/mol. The smallest absolute Gasteiger partial charge is 0.0457 e. The molecule has 2 rings (SSSR count). The Balaban J connectivity index is 2.71. The Labute approximate surface area is 76.2 Å². The van der Waals surface area contributed by atoms with Crippen LogP contribution in [0.2, 0.25) is 0 Å². The second kappa shape index (κ2) is 2.87. The molecule has 2 heteroatoms. The minimum atomic E-state index is 1.23. The molecule has 62 valence electrons. The number of hydrogen-bond donors (Lipinski definition) is 1. The molecular weight excluding hydrogens is 166 g/mol. The molecule has 0 atom stereocenters. The van der Waals surface area contributed by atoms with Crippen LogP contribution in [-0.4, -0.2) is 11.2 Å². The maximum absolute atomic E-state index is 3.23. The van der Waals surface area contributed by atoms with Gasteiger partial charge in [0.25, 0.3) is 0 Å². The van der Waals surface area contributed by atoms with Gasteiger partial charge in [-0.05, 0) is 36.9 Å². The van der Waals surface area contributed by atoms with Gasteiger partial charge in [-0.2, -0.15) is 0 Å². The van der Waals surface area contributed by atoms with Crippen molar-refractivity contribution in [2.24, 2.45) is 0 Å². The quantitative estimate of drug-likeness (QED) is 0.661. The Hall–Kier alpha value is -0.890. The number of thioether (sulfide) groups is 1. The van der Waals surface area contributed by atoms with Crippen LogP contribution in [0.5, 0.6) is 0 Å². The zero-order valence-electron chi connectivity index (χ0n) is 7.22. The number of fused-ring (bicyclic) bond motifs is 1. The second-order valence-corrected chi connectivity index (χ2v) is 3.76. The van der Waals surface area contributed by atoms with Crippen LogP contribution in [0, 0.1) is 6.92 Å². The average Bonchev–Trinajstić information content (AvgIpc) is 2.47. The van der Waals surface area contributed by atoms with Crippen molar-refractivity contribution >= 4 is 22.7 Å². The van der Waals surface area contributed by atoms with E-state index in [9.17, 15) is 0 Å².